The maximum atomic E-state index is 10.4. The van der Waals surface area contributed by atoms with Crippen molar-refractivity contribution in [1.82, 2.24) is 0 Å². The van der Waals surface area contributed by atoms with Crippen molar-refractivity contribution in [1.29, 1.82) is 0 Å². The second kappa shape index (κ2) is 6.44. The molecule has 0 saturated heterocycles. The second-order valence-corrected chi connectivity index (χ2v) is 4.85. The SMILES string of the molecule is COc1cc(OC)cc(C(O)Cc2cccc(C)c2)c1. The summed E-state index contributed by atoms with van der Waals surface area (Å²) in [5.74, 6) is 1.37. The van der Waals surface area contributed by atoms with Gasteiger partial charge >= 0.3 is 0 Å². The lowest BCUT2D eigenvalue weighted by Gasteiger charge is -2.14. The van der Waals surface area contributed by atoms with Gasteiger partial charge in [-0.3, -0.25) is 0 Å². The number of aryl methyl sites for hydroxylation is 1. The van der Waals surface area contributed by atoms with Crippen molar-refractivity contribution in [2.45, 2.75) is 19.4 Å². The molecule has 0 aliphatic heterocycles. The number of ether oxygens (including phenoxy) is 2. The molecule has 0 aromatic heterocycles. The molecule has 0 amide bonds. The number of hydrogen-bond donors (Lipinski definition) is 1. The molecule has 0 aliphatic rings. The second-order valence-electron chi connectivity index (χ2n) is 4.85. The Morgan fingerprint density at radius 2 is 1.65 bits per heavy atom. The van der Waals surface area contributed by atoms with Gasteiger partial charge in [-0.1, -0.05) is 29.8 Å². The third-order valence-corrected chi connectivity index (χ3v) is 3.27. The van der Waals surface area contributed by atoms with Crippen LogP contribution in [0.5, 0.6) is 11.5 Å². The molecule has 0 bridgehead atoms. The van der Waals surface area contributed by atoms with E-state index in [1.165, 1.54) is 5.56 Å². The van der Waals surface area contributed by atoms with E-state index >= 15 is 0 Å². The smallest absolute Gasteiger partial charge is 0.122 e. The average Bonchev–Trinajstić information content (AvgIpc) is 2.46. The average molecular weight is 272 g/mol. The van der Waals surface area contributed by atoms with E-state index < -0.39 is 6.10 Å². The standard InChI is InChI=1S/C17H20O3/c1-12-5-4-6-13(7-12)8-17(18)14-9-15(19-2)11-16(10-14)20-3/h4-7,9-11,17-18H,8H2,1-3H3. The molecule has 1 atom stereocenters. The van der Waals surface area contributed by atoms with Crippen molar-refractivity contribution in [3.63, 3.8) is 0 Å². The molecule has 0 heterocycles. The van der Waals surface area contributed by atoms with Crippen LogP contribution < -0.4 is 9.47 Å². The number of methoxy groups -OCH3 is 2. The molecule has 0 radical (unpaired) electrons. The van der Waals surface area contributed by atoms with Crippen molar-refractivity contribution < 1.29 is 14.6 Å². The molecule has 2 aromatic rings. The fourth-order valence-electron chi connectivity index (χ4n) is 2.20. The van der Waals surface area contributed by atoms with Crippen LogP contribution in [0, 0.1) is 6.92 Å². The van der Waals surface area contributed by atoms with Crippen LogP contribution in [0.15, 0.2) is 42.5 Å². The third kappa shape index (κ3) is 3.52. The molecule has 106 valence electrons. The summed E-state index contributed by atoms with van der Waals surface area (Å²) >= 11 is 0. The number of hydrogen-bond acceptors (Lipinski definition) is 3. The molecular formula is C17H20O3. The first-order valence-electron chi connectivity index (χ1n) is 6.59. The van der Waals surface area contributed by atoms with Gasteiger partial charge in [0, 0.05) is 12.5 Å². The van der Waals surface area contributed by atoms with E-state index in [1.807, 2.05) is 37.3 Å². The van der Waals surface area contributed by atoms with Crippen LogP contribution in [-0.2, 0) is 6.42 Å². The highest BCUT2D eigenvalue weighted by atomic mass is 16.5. The van der Waals surface area contributed by atoms with E-state index in [2.05, 4.69) is 6.07 Å². The normalized spacial score (nSPS) is 12.0. The zero-order valence-corrected chi connectivity index (χ0v) is 12.1. The van der Waals surface area contributed by atoms with E-state index in [-0.39, 0.29) is 0 Å². The van der Waals surface area contributed by atoms with Gasteiger partial charge in [-0.05, 0) is 30.2 Å². The minimum Gasteiger partial charge on any atom is -0.497 e. The minimum atomic E-state index is -0.583. The van der Waals surface area contributed by atoms with Crippen LogP contribution in [0.3, 0.4) is 0 Å². The Labute approximate surface area is 119 Å². The summed E-state index contributed by atoms with van der Waals surface area (Å²) in [5, 5.41) is 10.4. The van der Waals surface area contributed by atoms with Gasteiger partial charge in [0.2, 0.25) is 0 Å². The zero-order valence-electron chi connectivity index (χ0n) is 12.1. The monoisotopic (exact) mass is 272 g/mol. The van der Waals surface area contributed by atoms with Crippen molar-refractivity contribution in [2.75, 3.05) is 14.2 Å². The molecule has 0 saturated carbocycles. The first-order valence-corrected chi connectivity index (χ1v) is 6.59. The first kappa shape index (κ1) is 14.4. The first-order chi connectivity index (χ1) is 9.62. The fraction of sp³-hybridized carbons (Fsp3) is 0.294. The Morgan fingerprint density at radius 1 is 1.00 bits per heavy atom. The minimum absolute atomic E-state index is 0.567. The predicted octanol–water partition coefficient (Wildman–Crippen LogP) is 3.29. The summed E-state index contributed by atoms with van der Waals surface area (Å²) in [5.41, 5.74) is 3.10. The molecule has 1 unspecified atom stereocenters. The van der Waals surface area contributed by atoms with Crippen LogP contribution in [-0.4, -0.2) is 19.3 Å². The highest BCUT2D eigenvalue weighted by Gasteiger charge is 2.12. The van der Waals surface area contributed by atoms with Crippen molar-refractivity contribution in [3.8, 4) is 11.5 Å². The Kier molecular flexibility index (Phi) is 4.64. The van der Waals surface area contributed by atoms with Crippen LogP contribution in [0.2, 0.25) is 0 Å². The number of benzene rings is 2. The zero-order chi connectivity index (χ0) is 14.5. The molecule has 1 N–H and O–H groups in total. The maximum Gasteiger partial charge on any atom is 0.122 e. The van der Waals surface area contributed by atoms with E-state index in [9.17, 15) is 5.11 Å². The van der Waals surface area contributed by atoms with Gasteiger partial charge in [0.25, 0.3) is 0 Å². The molecule has 2 rings (SSSR count). The van der Waals surface area contributed by atoms with Gasteiger partial charge in [-0.25, -0.2) is 0 Å². The summed E-state index contributed by atoms with van der Waals surface area (Å²) in [6.45, 7) is 2.05. The van der Waals surface area contributed by atoms with Crippen molar-refractivity contribution in [3.05, 3.63) is 59.2 Å². The van der Waals surface area contributed by atoms with Gasteiger partial charge in [0.1, 0.15) is 11.5 Å². The van der Waals surface area contributed by atoms with Crippen LogP contribution in [0.25, 0.3) is 0 Å². The quantitative estimate of drug-likeness (QED) is 0.907. The lowest BCUT2D eigenvalue weighted by molar-refractivity contribution is 0.177. The van der Waals surface area contributed by atoms with Gasteiger partial charge in [0.05, 0.1) is 20.3 Å². The Bertz CT molecular complexity index is 556. The van der Waals surface area contributed by atoms with E-state index in [1.54, 1.807) is 20.3 Å². The van der Waals surface area contributed by atoms with Crippen LogP contribution >= 0.6 is 0 Å². The highest BCUT2D eigenvalue weighted by Crippen LogP contribution is 2.28. The number of rotatable bonds is 5. The summed E-state index contributed by atoms with van der Waals surface area (Å²) in [6, 6.07) is 13.6. The number of aliphatic hydroxyl groups excluding tert-OH is 1. The molecule has 3 nitrogen and oxygen atoms in total. The Balaban J connectivity index is 2.22. The molecule has 3 heteroatoms. The molecular weight excluding hydrogens is 252 g/mol. The van der Waals surface area contributed by atoms with Gasteiger partial charge in [-0.15, -0.1) is 0 Å². The van der Waals surface area contributed by atoms with Crippen molar-refractivity contribution in [2.24, 2.45) is 0 Å². The Hall–Kier alpha value is -2.00. The Morgan fingerprint density at radius 3 is 2.20 bits per heavy atom. The van der Waals surface area contributed by atoms with Gasteiger partial charge in [-0.2, -0.15) is 0 Å². The molecule has 0 fully saturated rings. The molecule has 0 aliphatic carbocycles. The van der Waals surface area contributed by atoms with E-state index in [4.69, 9.17) is 9.47 Å². The lowest BCUT2D eigenvalue weighted by Crippen LogP contribution is -2.03. The maximum absolute atomic E-state index is 10.4. The predicted molar refractivity (Wildman–Crippen MR) is 79.4 cm³/mol. The third-order valence-electron chi connectivity index (χ3n) is 3.27. The van der Waals surface area contributed by atoms with E-state index in [0.29, 0.717) is 17.9 Å². The topological polar surface area (TPSA) is 38.7 Å². The lowest BCUT2D eigenvalue weighted by atomic mass is 10.00. The number of aliphatic hydroxyl groups is 1. The summed E-state index contributed by atoms with van der Waals surface area (Å²) in [7, 11) is 3.21. The summed E-state index contributed by atoms with van der Waals surface area (Å²) < 4.78 is 10.5. The van der Waals surface area contributed by atoms with Gasteiger partial charge in [0.15, 0.2) is 0 Å². The van der Waals surface area contributed by atoms with E-state index in [0.717, 1.165) is 11.1 Å². The van der Waals surface area contributed by atoms with Crippen LogP contribution in [0.1, 0.15) is 22.8 Å². The van der Waals surface area contributed by atoms with Crippen LogP contribution in [0.4, 0.5) is 0 Å². The summed E-state index contributed by atoms with van der Waals surface area (Å²) in [4.78, 5) is 0. The molecule has 20 heavy (non-hydrogen) atoms. The molecule has 0 spiro atoms. The van der Waals surface area contributed by atoms with Crippen molar-refractivity contribution >= 4 is 0 Å². The summed E-state index contributed by atoms with van der Waals surface area (Å²) in [6.07, 6.45) is -0.0151. The fourth-order valence-corrected chi connectivity index (χ4v) is 2.20. The largest absolute Gasteiger partial charge is 0.497 e. The van der Waals surface area contributed by atoms with Gasteiger partial charge < -0.3 is 14.6 Å². The molecule has 2 aromatic carbocycles. The highest BCUT2D eigenvalue weighted by molar-refractivity contribution is 5.40.